The van der Waals surface area contributed by atoms with E-state index < -0.39 is 0 Å². The van der Waals surface area contributed by atoms with Crippen LogP contribution in [0.2, 0.25) is 5.02 Å². The number of benzene rings is 2. The van der Waals surface area contributed by atoms with E-state index in [1.54, 1.807) is 18.0 Å². The van der Waals surface area contributed by atoms with E-state index in [1.165, 1.54) is 12.2 Å². The molecule has 0 aromatic heterocycles. The van der Waals surface area contributed by atoms with Crippen molar-refractivity contribution in [3.05, 3.63) is 76.8 Å². The molecule has 136 valence electrons. The van der Waals surface area contributed by atoms with Gasteiger partial charge in [-0.05, 0) is 18.2 Å². The average molecular weight is 382 g/mol. The number of carbonyl (C=O) groups is 3. The van der Waals surface area contributed by atoms with Gasteiger partial charge in [-0.2, -0.15) is 0 Å². The second-order valence-corrected chi connectivity index (χ2v) is 6.27. The van der Waals surface area contributed by atoms with Gasteiger partial charge in [0.25, 0.3) is 11.8 Å². The van der Waals surface area contributed by atoms with Gasteiger partial charge < -0.3 is 4.90 Å². The molecule has 0 bridgehead atoms. The number of nitrogens with zero attached hydrogens (tertiary/aromatic N) is 2. The molecule has 0 fully saturated rings. The van der Waals surface area contributed by atoms with E-state index >= 15 is 0 Å². The molecule has 2 heterocycles. The summed E-state index contributed by atoms with van der Waals surface area (Å²) in [6.07, 6.45) is 2.39. The summed E-state index contributed by atoms with van der Waals surface area (Å²) in [5.41, 5.74) is 3.51. The number of fused-ring (bicyclic) bond motifs is 1. The summed E-state index contributed by atoms with van der Waals surface area (Å²) < 4.78 is 0. The van der Waals surface area contributed by atoms with Gasteiger partial charge in [0.15, 0.2) is 0 Å². The zero-order chi connectivity index (χ0) is 19.4. The molecule has 1 N–H and O–H groups in total. The van der Waals surface area contributed by atoms with Crippen molar-refractivity contribution in [1.82, 2.24) is 5.32 Å². The highest BCUT2D eigenvalue weighted by atomic mass is 35.5. The topological polar surface area (TPSA) is 78.8 Å². The minimum absolute atomic E-state index is 0.0282. The Hall–Kier alpha value is -3.25. The molecule has 27 heavy (non-hydrogen) atoms. The van der Waals surface area contributed by atoms with Gasteiger partial charge in [0.05, 0.1) is 11.4 Å². The predicted molar refractivity (Wildman–Crippen MR) is 104 cm³/mol. The molecule has 2 aliphatic heterocycles. The fraction of sp³-hybridized carbons (Fsp3) is 0.100. The van der Waals surface area contributed by atoms with Crippen LogP contribution in [0.4, 0.5) is 5.69 Å². The summed E-state index contributed by atoms with van der Waals surface area (Å²) >= 11 is 6.11. The maximum Gasteiger partial charge on any atom is 0.250 e. The number of anilines is 1. The van der Waals surface area contributed by atoms with Gasteiger partial charge in [0.2, 0.25) is 5.91 Å². The van der Waals surface area contributed by atoms with Gasteiger partial charge in [-0.1, -0.05) is 41.9 Å². The highest BCUT2D eigenvalue weighted by Crippen LogP contribution is 2.28. The first-order valence-electron chi connectivity index (χ1n) is 8.15. The number of rotatable bonds is 1. The summed E-state index contributed by atoms with van der Waals surface area (Å²) in [7, 11) is 1.76. The fourth-order valence-corrected chi connectivity index (χ4v) is 2.83. The van der Waals surface area contributed by atoms with E-state index in [4.69, 9.17) is 11.6 Å². The van der Waals surface area contributed by atoms with Gasteiger partial charge in [-0.25, -0.2) is 0 Å². The molecule has 2 aromatic carbocycles. The lowest BCUT2D eigenvalue weighted by atomic mass is 10.0. The van der Waals surface area contributed by atoms with Crippen molar-refractivity contribution in [2.75, 3.05) is 18.5 Å². The van der Waals surface area contributed by atoms with Gasteiger partial charge in [-0.3, -0.25) is 24.7 Å². The third kappa shape index (κ3) is 4.30. The highest BCUT2D eigenvalue weighted by molar-refractivity contribution is 6.32. The number of nitrogens with one attached hydrogen (secondary N) is 1. The average Bonchev–Trinajstić information content (AvgIpc) is 3.00. The Labute approximate surface area is 161 Å². The van der Waals surface area contributed by atoms with Crippen molar-refractivity contribution < 1.29 is 14.4 Å². The molecule has 6 nitrogen and oxygen atoms in total. The number of amides is 3. The molecule has 3 amide bonds. The Morgan fingerprint density at radius 3 is 2.26 bits per heavy atom. The number of imide groups is 1. The van der Waals surface area contributed by atoms with Crippen LogP contribution in [0.15, 0.2) is 65.7 Å². The number of likely N-dealkylation sites (N-methyl/N-ethyl adjacent to an activating group) is 1. The predicted octanol–water partition coefficient (Wildman–Crippen LogP) is 2.35. The Morgan fingerprint density at radius 1 is 1.00 bits per heavy atom. The van der Waals surface area contributed by atoms with Crippen LogP contribution in [0.25, 0.3) is 0 Å². The molecule has 0 saturated carbocycles. The quantitative estimate of drug-likeness (QED) is 0.770. The van der Waals surface area contributed by atoms with Gasteiger partial charge in [-0.15, -0.1) is 0 Å². The van der Waals surface area contributed by atoms with Crippen molar-refractivity contribution in [2.45, 2.75) is 0 Å². The molecular formula is C20H16ClN3O3. The lowest BCUT2D eigenvalue weighted by Gasteiger charge is -2.18. The lowest BCUT2D eigenvalue weighted by Crippen LogP contribution is -2.27. The minimum atomic E-state index is -0.329. The molecule has 0 saturated heterocycles. The van der Waals surface area contributed by atoms with Gasteiger partial charge in [0.1, 0.15) is 6.54 Å². The van der Waals surface area contributed by atoms with Crippen LogP contribution in [0.5, 0.6) is 0 Å². The van der Waals surface area contributed by atoms with E-state index in [0.29, 0.717) is 5.02 Å². The van der Waals surface area contributed by atoms with Gasteiger partial charge >= 0.3 is 0 Å². The van der Waals surface area contributed by atoms with Crippen molar-refractivity contribution in [1.29, 1.82) is 0 Å². The molecule has 2 aromatic rings. The second kappa shape index (κ2) is 7.97. The zero-order valence-corrected chi connectivity index (χ0v) is 15.2. The third-order valence-electron chi connectivity index (χ3n) is 4.00. The van der Waals surface area contributed by atoms with Crippen molar-refractivity contribution >= 4 is 40.7 Å². The first-order chi connectivity index (χ1) is 13.0. The van der Waals surface area contributed by atoms with E-state index in [-0.39, 0.29) is 24.3 Å². The maximum atomic E-state index is 12.0. The first-order valence-corrected chi connectivity index (χ1v) is 8.53. The van der Waals surface area contributed by atoms with Crippen molar-refractivity contribution in [2.24, 2.45) is 4.99 Å². The SMILES string of the molecule is CN1C(=O)CN=C(c2ccccc2)c2cc(Cl)ccc21.O=C1C=CC(=O)N1. The Balaban J connectivity index is 0.000000253. The third-order valence-corrected chi connectivity index (χ3v) is 4.24. The van der Waals surface area contributed by atoms with Crippen LogP contribution in [0, 0.1) is 0 Å². The normalized spacial score (nSPS) is 15.4. The number of halogens is 1. The molecule has 2 aliphatic rings. The standard InChI is InChI=1S/C16H13ClN2O.C4H3NO2/c1-19-14-8-7-12(17)9-13(14)16(18-10-15(19)20)11-5-3-2-4-6-11;6-3-1-2-4(7)5-3/h2-9H,10H2,1H3;1-2H,(H,5,6,7). The number of benzodiazepines with no additional fused rings is 1. The summed E-state index contributed by atoms with van der Waals surface area (Å²) in [6.45, 7) is 0.146. The van der Waals surface area contributed by atoms with E-state index in [9.17, 15) is 14.4 Å². The Kier molecular flexibility index (Phi) is 5.47. The second-order valence-electron chi connectivity index (χ2n) is 5.83. The summed E-state index contributed by atoms with van der Waals surface area (Å²) in [6, 6.07) is 15.3. The Bertz CT molecular complexity index is 952. The molecule has 0 radical (unpaired) electrons. The van der Waals surface area contributed by atoms with Gasteiger partial charge in [0, 0.05) is 35.3 Å². The number of hydrogen-bond acceptors (Lipinski definition) is 4. The van der Waals surface area contributed by atoms with Crippen LogP contribution in [0.3, 0.4) is 0 Å². The number of carbonyl (C=O) groups excluding carboxylic acids is 3. The van der Waals surface area contributed by atoms with Crippen LogP contribution in [0.1, 0.15) is 11.1 Å². The maximum absolute atomic E-state index is 12.0. The Morgan fingerprint density at radius 2 is 1.67 bits per heavy atom. The first kappa shape index (κ1) is 18.5. The van der Waals surface area contributed by atoms with Crippen molar-refractivity contribution in [3.8, 4) is 0 Å². The largest absolute Gasteiger partial charge is 0.313 e. The molecule has 7 heteroatoms. The smallest absolute Gasteiger partial charge is 0.250 e. The van der Waals surface area contributed by atoms with Crippen LogP contribution in [-0.4, -0.2) is 37.0 Å². The molecule has 0 spiro atoms. The van der Waals surface area contributed by atoms with Crippen LogP contribution >= 0.6 is 11.6 Å². The summed E-state index contributed by atoms with van der Waals surface area (Å²) in [4.78, 5) is 38.2. The lowest BCUT2D eigenvalue weighted by molar-refractivity contribution is -0.123. The van der Waals surface area contributed by atoms with E-state index in [1.807, 2.05) is 47.8 Å². The van der Waals surface area contributed by atoms with E-state index in [2.05, 4.69) is 4.99 Å². The van der Waals surface area contributed by atoms with Crippen LogP contribution < -0.4 is 10.2 Å². The molecular weight excluding hydrogens is 366 g/mol. The molecule has 0 aliphatic carbocycles. The minimum Gasteiger partial charge on any atom is -0.313 e. The summed E-state index contributed by atoms with van der Waals surface area (Å²) in [5.74, 6) is -0.686. The highest BCUT2D eigenvalue weighted by Gasteiger charge is 2.22. The van der Waals surface area contributed by atoms with Crippen molar-refractivity contribution in [3.63, 3.8) is 0 Å². The molecule has 0 unspecified atom stereocenters. The number of hydrogen-bond donors (Lipinski definition) is 1. The van der Waals surface area contributed by atoms with Crippen LogP contribution in [-0.2, 0) is 14.4 Å². The molecule has 4 rings (SSSR count). The molecule has 0 atom stereocenters. The van der Waals surface area contributed by atoms with E-state index in [0.717, 1.165) is 22.5 Å². The number of aliphatic imine (C=N–C) groups is 1. The monoisotopic (exact) mass is 381 g/mol. The zero-order valence-electron chi connectivity index (χ0n) is 14.5. The summed E-state index contributed by atoms with van der Waals surface area (Å²) in [5, 5.41) is 2.66. The fourth-order valence-electron chi connectivity index (χ4n) is 2.66.